The van der Waals surface area contributed by atoms with Crippen molar-refractivity contribution in [2.45, 2.75) is 56.5 Å². The highest BCUT2D eigenvalue weighted by atomic mass is 32.2. The van der Waals surface area contributed by atoms with Crippen LogP contribution in [0.15, 0.2) is 28.7 Å². The first-order valence-electron chi connectivity index (χ1n) is 10.2. The van der Waals surface area contributed by atoms with Gasteiger partial charge in [0.1, 0.15) is 5.58 Å². The number of likely N-dealkylation sites (tertiary alicyclic amines) is 1. The van der Waals surface area contributed by atoms with Crippen LogP contribution in [0.3, 0.4) is 0 Å². The molecule has 4 nitrogen and oxygen atoms in total. The number of para-hydroxylation sites is 1. The molecule has 2 heterocycles. The topological polar surface area (TPSA) is 59.5 Å². The average Bonchev–Trinajstić information content (AvgIpc) is 3.28. The van der Waals surface area contributed by atoms with Gasteiger partial charge in [-0.15, -0.1) is 0 Å². The third-order valence-electron chi connectivity index (χ3n) is 6.25. The van der Waals surface area contributed by atoms with Crippen molar-refractivity contribution in [3.05, 3.63) is 35.6 Å². The van der Waals surface area contributed by atoms with Crippen LogP contribution in [-0.4, -0.2) is 35.7 Å². The van der Waals surface area contributed by atoms with Crippen molar-refractivity contribution in [1.82, 2.24) is 4.90 Å². The molecule has 4 rings (SSSR count). The number of nitrogens with two attached hydrogens (primary N) is 1. The second-order valence-electron chi connectivity index (χ2n) is 8.47. The molecule has 1 amide bonds. The summed E-state index contributed by atoms with van der Waals surface area (Å²) in [6.07, 6.45) is 7.59. The molecule has 1 atom stereocenters. The van der Waals surface area contributed by atoms with Crippen LogP contribution in [-0.2, 0) is 5.75 Å². The minimum Gasteiger partial charge on any atom is -0.451 e. The molecular formula is C22H30N2O2S. The first-order valence-corrected chi connectivity index (χ1v) is 11.3. The molecule has 146 valence electrons. The van der Waals surface area contributed by atoms with Crippen molar-refractivity contribution >= 4 is 28.6 Å². The van der Waals surface area contributed by atoms with E-state index in [4.69, 9.17) is 10.2 Å². The summed E-state index contributed by atoms with van der Waals surface area (Å²) in [7, 11) is 0. The van der Waals surface area contributed by atoms with Crippen LogP contribution in [0.1, 0.15) is 61.6 Å². The second kappa shape index (κ2) is 7.88. The lowest BCUT2D eigenvalue weighted by molar-refractivity contribution is 0.0746. The van der Waals surface area contributed by atoms with E-state index in [9.17, 15) is 4.79 Å². The predicted molar refractivity (Wildman–Crippen MR) is 112 cm³/mol. The summed E-state index contributed by atoms with van der Waals surface area (Å²) in [5, 5.41) is 1.80. The van der Waals surface area contributed by atoms with Crippen LogP contribution in [0, 0.1) is 5.41 Å². The molecule has 1 saturated carbocycles. The maximum atomic E-state index is 13.3. The van der Waals surface area contributed by atoms with Crippen LogP contribution in [0.2, 0.25) is 0 Å². The fraction of sp³-hybridized carbons (Fsp3) is 0.591. The van der Waals surface area contributed by atoms with Gasteiger partial charge in [-0.25, -0.2) is 0 Å². The van der Waals surface area contributed by atoms with Gasteiger partial charge in [0.2, 0.25) is 0 Å². The number of furan rings is 1. The molecule has 2 aliphatic rings. The Hall–Kier alpha value is -1.46. The maximum Gasteiger partial charge on any atom is 0.289 e. The molecule has 1 aromatic heterocycles. The second-order valence-corrected chi connectivity index (χ2v) is 9.76. The van der Waals surface area contributed by atoms with Gasteiger partial charge in [0.15, 0.2) is 5.76 Å². The highest BCUT2D eigenvalue weighted by Crippen LogP contribution is 2.36. The van der Waals surface area contributed by atoms with Gasteiger partial charge in [-0.3, -0.25) is 4.79 Å². The quantitative estimate of drug-likeness (QED) is 0.801. The first kappa shape index (κ1) is 18.9. The van der Waals surface area contributed by atoms with Crippen LogP contribution < -0.4 is 5.73 Å². The van der Waals surface area contributed by atoms with E-state index in [0.717, 1.165) is 35.3 Å². The Bertz CT molecular complexity index is 812. The molecule has 5 heteroatoms. The molecular weight excluding hydrogens is 356 g/mol. The molecule has 2 aromatic rings. The zero-order valence-corrected chi connectivity index (χ0v) is 17.0. The number of carbonyl (C=O) groups is 1. The Morgan fingerprint density at radius 3 is 2.81 bits per heavy atom. The summed E-state index contributed by atoms with van der Waals surface area (Å²) >= 11 is 2.00. The summed E-state index contributed by atoms with van der Waals surface area (Å²) in [4.78, 5) is 15.2. The maximum absolute atomic E-state index is 13.3. The van der Waals surface area contributed by atoms with Crippen molar-refractivity contribution in [3.8, 4) is 0 Å². The number of rotatable bonds is 5. The van der Waals surface area contributed by atoms with E-state index in [0.29, 0.717) is 24.1 Å². The van der Waals surface area contributed by atoms with E-state index in [1.165, 1.54) is 32.1 Å². The summed E-state index contributed by atoms with van der Waals surface area (Å²) in [6, 6.07) is 8.05. The number of amides is 1. The normalized spacial score (nSPS) is 24.0. The van der Waals surface area contributed by atoms with Crippen molar-refractivity contribution in [2.24, 2.45) is 11.1 Å². The smallest absolute Gasteiger partial charge is 0.289 e. The molecule has 0 radical (unpaired) electrons. The third kappa shape index (κ3) is 3.90. The number of hydrogen-bond acceptors (Lipinski definition) is 4. The van der Waals surface area contributed by atoms with Gasteiger partial charge in [-0.2, -0.15) is 11.8 Å². The molecule has 1 aliphatic heterocycles. The number of nitrogens with zero attached hydrogens (tertiary/aromatic N) is 1. The van der Waals surface area contributed by atoms with Gasteiger partial charge >= 0.3 is 0 Å². The molecule has 0 bridgehead atoms. The number of thioether (sulfide) groups is 1. The number of hydrogen-bond donors (Lipinski definition) is 1. The van der Waals surface area contributed by atoms with E-state index < -0.39 is 0 Å². The van der Waals surface area contributed by atoms with Crippen LogP contribution in [0.4, 0.5) is 0 Å². The third-order valence-corrected chi connectivity index (χ3v) is 7.64. The average molecular weight is 387 g/mol. The monoisotopic (exact) mass is 386 g/mol. The van der Waals surface area contributed by atoms with E-state index >= 15 is 0 Å². The van der Waals surface area contributed by atoms with Crippen molar-refractivity contribution < 1.29 is 9.21 Å². The summed E-state index contributed by atoms with van der Waals surface area (Å²) in [5.41, 5.74) is 7.85. The number of benzene rings is 1. The van der Waals surface area contributed by atoms with Gasteiger partial charge in [0.05, 0.1) is 0 Å². The highest BCUT2D eigenvalue weighted by molar-refractivity contribution is 7.99. The Morgan fingerprint density at radius 2 is 2.07 bits per heavy atom. The molecule has 1 unspecified atom stereocenters. The summed E-state index contributed by atoms with van der Waals surface area (Å²) in [5.74, 6) is 1.42. The molecule has 1 aliphatic carbocycles. The SMILES string of the molecule is CC1(CN)CCN(C(=O)c2oc3ccccc3c2CSC2CCCCC2)C1. The van der Waals surface area contributed by atoms with Crippen molar-refractivity contribution in [3.63, 3.8) is 0 Å². The number of carbonyl (C=O) groups excluding carboxylic acids is 1. The lowest BCUT2D eigenvalue weighted by Gasteiger charge is -2.23. The Balaban J connectivity index is 1.58. The summed E-state index contributed by atoms with van der Waals surface area (Å²) < 4.78 is 6.08. The Kier molecular flexibility index (Phi) is 5.51. The predicted octanol–water partition coefficient (Wildman–Crippen LogP) is 4.81. The molecule has 0 spiro atoms. The van der Waals surface area contributed by atoms with Crippen LogP contribution in [0.25, 0.3) is 11.0 Å². The molecule has 27 heavy (non-hydrogen) atoms. The summed E-state index contributed by atoms with van der Waals surface area (Å²) in [6.45, 7) is 4.26. The minimum absolute atomic E-state index is 0.0265. The largest absolute Gasteiger partial charge is 0.451 e. The molecule has 2 fully saturated rings. The van der Waals surface area contributed by atoms with E-state index in [-0.39, 0.29) is 11.3 Å². The standard InChI is InChI=1S/C22H30N2O2S/c1-22(14-23)11-12-24(15-22)21(25)20-18(13-27-16-7-3-2-4-8-16)17-9-5-6-10-19(17)26-20/h5-6,9-10,16H,2-4,7-8,11-15,23H2,1H3. The molecule has 1 aromatic carbocycles. The first-order chi connectivity index (χ1) is 13.1. The van der Waals surface area contributed by atoms with Crippen LogP contribution in [0.5, 0.6) is 0 Å². The van der Waals surface area contributed by atoms with Crippen molar-refractivity contribution in [1.29, 1.82) is 0 Å². The molecule has 2 N–H and O–H groups in total. The van der Waals surface area contributed by atoms with Gasteiger partial charge in [0, 0.05) is 35.0 Å². The van der Waals surface area contributed by atoms with E-state index in [1.807, 2.05) is 34.9 Å². The van der Waals surface area contributed by atoms with Gasteiger partial charge < -0.3 is 15.1 Å². The highest BCUT2D eigenvalue weighted by Gasteiger charge is 2.37. The lowest BCUT2D eigenvalue weighted by Crippen LogP contribution is -2.34. The Morgan fingerprint density at radius 1 is 1.30 bits per heavy atom. The Labute approximate surface area is 165 Å². The van der Waals surface area contributed by atoms with Gasteiger partial charge in [-0.05, 0) is 37.3 Å². The fourth-order valence-corrected chi connectivity index (χ4v) is 5.71. The zero-order chi connectivity index (χ0) is 18.9. The van der Waals surface area contributed by atoms with Crippen LogP contribution >= 0.6 is 11.8 Å². The lowest BCUT2D eigenvalue weighted by atomic mass is 9.90. The van der Waals surface area contributed by atoms with Crippen molar-refractivity contribution in [2.75, 3.05) is 19.6 Å². The van der Waals surface area contributed by atoms with E-state index in [2.05, 4.69) is 13.0 Å². The fourth-order valence-electron chi connectivity index (χ4n) is 4.36. The van der Waals surface area contributed by atoms with Gasteiger partial charge in [-0.1, -0.05) is 44.4 Å². The van der Waals surface area contributed by atoms with Gasteiger partial charge in [0.25, 0.3) is 5.91 Å². The number of fused-ring (bicyclic) bond motifs is 1. The minimum atomic E-state index is 0.0265. The zero-order valence-electron chi connectivity index (χ0n) is 16.2. The van der Waals surface area contributed by atoms with E-state index in [1.54, 1.807) is 0 Å². The molecule has 1 saturated heterocycles.